The molecule has 0 radical (unpaired) electrons. The van der Waals surface area contributed by atoms with Gasteiger partial charge in [0.25, 0.3) is 5.91 Å². The number of aliphatic hydroxyl groups excluding tert-OH is 1. The molecule has 5 heteroatoms. The number of aliphatic hydroxyl groups is 1. The van der Waals surface area contributed by atoms with Crippen LogP contribution >= 0.6 is 11.6 Å². The Kier molecular flexibility index (Phi) is 4.15. The minimum Gasteiger partial charge on any atom is -0.398 e. The highest BCUT2D eigenvalue weighted by Crippen LogP contribution is 2.19. The Morgan fingerprint density at radius 3 is 2.81 bits per heavy atom. The quantitative estimate of drug-likeness (QED) is 0.787. The maximum atomic E-state index is 11.9. The largest absolute Gasteiger partial charge is 0.398 e. The number of nitrogen functional groups attached to an aromatic ring is 1. The van der Waals surface area contributed by atoms with Gasteiger partial charge in [0.05, 0.1) is 11.7 Å². The van der Waals surface area contributed by atoms with Crippen LogP contribution in [0.25, 0.3) is 0 Å². The third kappa shape index (κ3) is 3.12. The molecule has 0 heterocycles. The molecule has 88 valence electrons. The van der Waals surface area contributed by atoms with E-state index >= 15 is 0 Å². The average Bonchev–Trinajstić information content (AvgIpc) is 2.19. The van der Waals surface area contributed by atoms with E-state index in [1.807, 2.05) is 0 Å². The van der Waals surface area contributed by atoms with E-state index in [0.29, 0.717) is 16.3 Å². The molecule has 1 rings (SSSR count). The van der Waals surface area contributed by atoms with Crippen molar-refractivity contribution < 1.29 is 9.90 Å². The van der Waals surface area contributed by atoms with Crippen LogP contribution in [0.5, 0.6) is 0 Å². The summed E-state index contributed by atoms with van der Waals surface area (Å²) in [5.74, 6) is -0.249. The Bertz CT molecular complexity index is 394. The van der Waals surface area contributed by atoms with Crippen LogP contribution in [-0.2, 0) is 0 Å². The summed E-state index contributed by atoms with van der Waals surface area (Å²) >= 11 is 5.80. The maximum absolute atomic E-state index is 11.9. The van der Waals surface area contributed by atoms with Gasteiger partial charge in [0.2, 0.25) is 0 Å². The molecule has 16 heavy (non-hydrogen) atoms. The zero-order valence-electron chi connectivity index (χ0n) is 9.27. The first-order valence-electron chi connectivity index (χ1n) is 4.90. The van der Waals surface area contributed by atoms with Crippen molar-refractivity contribution >= 4 is 23.2 Å². The summed E-state index contributed by atoms with van der Waals surface area (Å²) in [6, 6.07) is 4.74. The number of rotatable bonds is 3. The molecule has 0 saturated heterocycles. The minimum atomic E-state index is -0.575. The van der Waals surface area contributed by atoms with E-state index in [2.05, 4.69) is 0 Å². The van der Waals surface area contributed by atoms with Gasteiger partial charge in [-0.1, -0.05) is 11.6 Å². The van der Waals surface area contributed by atoms with Crippen molar-refractivity contribution in [2.24, 2.45) is 0 Å². The fraction of sp³-hybridized carbons (Fsp3) is 0.364. The van der Waals surface area contributed by atoms with Gasteiger partial charge in [-0.05, 0) is 25.1 Å². The number of carbonyl (C=O) groups excluding carboxylic acids is 1. The van der Waals surface area contributed by atoms with Crippen molar-refractivity contribution in [1.82, 2.24) is 4.90 Å². The van der Waals surface area contributed by atoms with Gasteiger partial charge >= 0.3 is 0 Å². The van der Waals surface area contributed by atoms with Gasteiger partial charge in [-0.15, -0.1) is 0 Å². The highest BCUT2D eigenvalue weighted by Gasteiger charge is 2.16. The van der Waals surface area contributed by atoms with E-state index in [9.17, 15) is 9.90 Å². The number of hydrogen-bond acceptors (Lipinski definition) is 3. The number of anilines is 1. The van der Waals surface area contributed by atoms with Crippen molar-refractivity contribution in [2.45, 2.75) is 13.0 Å². The van der Waals surface area contributed by atoms with E-state index < -0.39 is 6.10 Å². The Morgan fingerprint density at radius 1 is 1.62 bits per heavy atom. The number of benzene rings is 1. The van der Waals surface area contributed by atoms with Crippen molar-refractivity contribution in [3.8, 4) is 0 Å². The number of halogens is 1. The van der Waals surface area contributed by atoms with E-state index in [-0.39, 0.29) is 12.5 Å². The Labute approximate surface area is 99.6 Å². The Morgan fingerprint density at radius 2 is 2.25 bits per heavy atom. The molecule has 0 aliphatic heterocycles. The predicted molar refractivity (Wildman–Crippen MR) is 64.5 cm³/mol. The van der Waals surface area contributed by atoms with Gasteiger partial charge in [-0.2, -0.15) is 0 Å². The second-order valence-corrected chi connectivity index (χ2v) is 4.20. The number of likely N-dealkylation sites (N-methyl/N-ethyl adjacent to an activating group) is 1. The molecule has 1 atom stereocenters. The summed E-state index contributed by atoms with van der Waals surface area (Å²) in [4.78, 5) is 13.3. The standard InChI is InChI=1S/C11H15ClN2O2/c1-7(15)6-14(2)11(16)9-5-8(12)3-4-10(9)13/h3-5,7,15H,6,13H2,1-2H3. The summed E-state index contributed by atoms with van der Waals surface area (Å²) in [6.45, 7) is 1.87. The molecule has 0 aliphatic rings. The van der Waals surface area contributed by atoms with Gasteiger partial charge in [0.1, 0.15) is 0 Å². The second-order valence-electron chi connectivity index (χ2n) is 3.77. The lowest BCUT2D eigenvalue weighted by Crippen LogP contribution is -2.33. The highest BCUT2D eigenvalue weighted by molar-refractivity contribution is 6.31. The molecular weight excluding hydrogens is 228 g/mol. The lowest BCUT2D eigenvalue weighted by atomic mass is 10.1. The molecule has 0 bridgehead atoms. The number of carbonyl (C=O) groups is 1. The first-order valence-corrected chi connectivity index (χ1v) is 5.28. The maximum Gasteiger partial charge on any atom is 0.255 e. The van der Waals surface area contributed by atoms with Crippen LogP contribution in [-0.4, -0.2) is 35.6 Å². The topological polar surface area (TPSA) is 66.6 Å². The molecule has 0 spiro atoms. The lowest BCUT2D eigenvalue weighted by molar-refractivity contribution is 0.0704. The fourth-order valence-electron chi connectivity index (χ4n) is 1.40. The summed E-state index contributed by atoms with van der Waals surface area (Å²) < 4.78 is 0. The Hall–Kier alpha value is -1.26. The zero-order valence-corrected chi connectivity index (χ0v) is 10.0. The predicted octanol–water partition coefficient (Wildman–Crippen LogP) is 1.38. The molecule has 0 aliphatic carbocycles. The van der Waals surface area contributed by atoms with E-state index in [4.69, 9.17) is 17.3 Å². The molecular formula is C11H15ClN2O2. The molecule has 1 unspecified atom stereocenters. The first kappa shape index (κ1) is 12.8. The molecule has 1 aromatic carbocycles. The fourth-order valence-corrected chi connectivity index (χ4v) is 1.57. The van der Waals surface area contributed by atoms with Gasteiger partial charge in [-0.3, -0.25) is 4.79 Å². The second kappa shape index (κ2) is 5.18. The smallest absolute Gasteiger partial charge is 0.255 e. The summed E-state index contributed by atoms with van der Waals surface area (Å²) in [5.41, 5.74) is 6.43. The number of hydrogen-bond donors (Lipinski definition) is 2. The summed E-state index contributed by atoms with van der Waals surface area (Å²) in [7, 11) is 1.61. The third-order valence-corrected chi connectivity index (χ3v) is 2.37. The van der Waals surface area contributed by atoms with Crippen LogP contribution < -0.4 is 5.73 Å². The molecule has 1 aromatic rings. The zero-order chi connectivity index (χ0) is 12.3. The minimum absolute atomic E-state index is 0.249. The molecule has 4 nitrogen and oxygen atoms in total. The summed E-state index contributed by atoms with van der Waals surface area (Å²) in [5, 5.41) is 9.65. The van der Waals surface area contributed by atoms with Gasteiger partial charge < -0.3 is 15.7 Å². The van der Waals surface area contributed by atoms with Crippen LogP contribution in [0, 0.1) is 0 Å². The number of nitrogens with zero attached hydrogens (tertiary/aromatic N) is 1. The van der Waals surface area contributed by atoms with Gasteiger partial charge in [-0.25, -0.2) is 0 Å². The van der Waals surface area contributed by atoms with Crippen molar-refractivity contribution in [3.63, 3.8) is 0 Å². The Balaban J connectivity index is 2.91. The van der Waals surface area contributed by atoms with Crippen LogP contribution in [0.3, 0.4) is 0 Å². The first-order chi connectivity index (χ1) is 7.41. The molecule has 0 saturated carbocycles. The SMILES string of the molecule is CC(O)CN(C)C(=O)c1cc(Cl)ccc1N. The monoisotopic (exact) mass is 242 g/mol. The number of nitrogens with two attached hydrogens (primary N) is 1. The van der Waals surface area contributed by atoms with E-state index in [1.165, 1.54) is 11.0 Å². The van der Waals surface area contributed by atoms with Gasteiger partial charge in [0.15, 0.2) is 0 Å². The number of amides is 1. The van der Waals surface area contributed by atoms with Crippen molar-refractivity contribution in [3.05, 3.63) is 28.8 Å². The van der Waals surface area contributed by atoms with Crippen LogP contribution in [0.1, 0.15) is 17.3 Å². The third-order valence-electron chi connectivity index (χ3n) is 2.13. The molecule has 0 aromatic heterocycles. The van der Waals surface area contributed by atoms with Crippen molar-refractivity contribution in [2.75, 3.05) is 19.3 Å². The van der Waals surface area contributed by atoms with E-state index in [1.54, 1.807) is 26.1 Å². The molecule has 1 amide bonds. The van der Waals surface area contributed by atoms with Crippen LogP contribution in [0.4, 0.5) is 5.69 Å². The average molecular weight is 243 g/mol. The molecule has 3 N–H and O–H groups in total. The summed E-state index contributed by atoms with van der Waals surface area (Å²) in [6.07, 6.45) is -0.575. The normalized spacial score (nSPS) is 12.2. The van der Waals surface area contributed by atoms with Crippen molar-refractivity contribution in [1.29, 1.82) is 0 Å². The van der Waals surface area contributed by atoms with Crippen LogP contribution in [0.2, 0.25) is 5.02 Å². The van der Waals surface area contributed by atoms with Crippen LogP contribution in [0.15, 0.2) is 18.2 Å². The lowest BCUT2D eigenvalue weighted by Gasteiger charge is -2.19. The van der Waals surface area contributed by atoms with Gasteiger partial charge in [0, 0.05) is 24.3 Å². The molecule has 0 fully saturated rings. The van der Waals surface area contributed by atoms with E-state index in [0.717, 1.165) is 0 Å². The highest BCUT2D eigenvalue weighted by atomic mass is 35.5.